The van der Waals surface area contributed by atoms with E-state index in [1.807, 2.05) is 12.1 Å². The molecular weight excluding hydrogens is 521 g/mol. The van der Waals surface area contributed by atoms with Gasteiger partial charge in [0.2, 0.25) is 6.19 Å². The van der Waals surface area contributed by atoms with E-state index in [0.29, 0.717) is 35.2 Å². The molecule has 0 saturated heterocycles. The number of benzene rings is 2. The van der Waals surface area contributed by atoms with Gasteiger partial charge in [-0.15, -0.1) is 0 Å². The molecule has 37 heavy (non-hydrogen) atoms. The smallest absolute Gasteiger partial charge is 0.326 e. The predicted octanol–water partition coefficient (Wildman–Crippen LogP) is 3.74. The van der Waals surface area contributed by atoms with Gasteiger partial charge in [0.25, 0.3) is 11.8 Å². The van der Waals surface area contributed by atoms with E-state index >= 15 is 0 Å². The Labute approximate surface area is 221 Å². The number of furan rings is 1. The summed E-state index contributed by atoms with van der Waals surface area (Å²) in [4.78, 5) is 42.7. The van der Waals surface area contributed by atoms with Crippen LogP contribution in [0.5, 0.6) is 0 Å². The van der Waals surface area contributed by atoms with Crippen molar-refractivity contribution in [2.24, 2.45) is 10.7 Å². The first-order valence-corrected chi connectivity index (χ1v) is 12.0. The quantitative estimate of drug-likeness (QED) is 0.233. The van der Waals surface area contributed by atoms with Gasteiger partial charge in [-0.05, 0) is 48.2 Å². The molecule has 1 aromatic heterocycles. The predicted molar refractivity (Wildman–Crippen MR) is 136 cm³/mol. The van der Waals surface area contributed by atoms with Gasteiger partial charge in [0.05, 0.1) is 21.9 Å². The number of hydrogen-bond donors (Lipinski definition) is 3. The van der Waals surface area contributed by atoms with Crippen LogP contribution in [0.15, 0.2) is 46.0 Å². The zero-order valence-electron chi connectivity index (χ0n) is 19.3. The standard InChI is InChI=1S/C25H21Cl2N5O5/c26-17-9-15-11-32(24(34)14-2-1-13-6-8-37-19(13)10-14)7-5-16(15)22(27)21(17)23(33)31-18(25(35)36)3-4-20(29)30-12-28/h1-2,6,8-10,18H,3-5,7,11H2,(H2,29,30)(H,31,33)(H,35,36)/t18-/m0/s1. The number of amidine groups is 1. The Bertz CT molecular complexity index is 1480. The van der Waals surface area contributed by atoms with Crippen molar-refractivity contribution in [3.05, 3.63) is 68.9 Å². The summed E-state index contributed by atoms with van der Waals surface area (Å²) in [6.07, 6.45) is 3.37. The molecule has 1 atom stereocenters. The highest BCUT2D eigenvalue weighted by molar-refractivity contribution is 6.40. The van der Waals surface area contributed by atoms with Crippen LogP contribution in [0.2, 0.25) is 10.0 Å². The van der Waals surface area contributed by atoms with Crippen LogP contribution in [0.3, 0.4) is 0 Å². The number of aliphatic carboxylic acids is 1. The molecule has 190 valence electrons. The highest BCUT2D eigenvalue weighted by Gasteiger charge is 2.29. The van der Waals surface area contributed by atoms with Crippen LogP contribution >= 0.6 is 23.2 Å². The first-order chi connectivity index (χ1) is 17.7. The molecule has 0 bridgehead atoms. The zero-order chi connectivity index (χ0) is 26.7. The van der Waals surface area contributed by atoms with Crippen molar-refractivity contribution < 1.29 is 23.9 Å². The van der Waals surface area contributed by atoms with Gasteiger partial charge in [-0.1, -0.05) is 29.3 Å². The van der Waals surface area contributed by atoms with Crippen molar-refractivity contribution in [3.8, 4) is 6.19 Å². The largest absolute Gasteiger partial charge is 0.480 e. The second-order valence-electron chi connectivity index (χ2n) is 8.44. The van der Waals surface area contributed by atoms with Crippen LogP contribution in [-0.2, 0) is 17.8 Å². The normalized spacial score (nSPS) is 14.1. The molecule has 2 amide bonds. The molecular formula is C25H21Cl2N5O5. The second kappa shape index (κ2) is 10.9. The minimum Gasteiger partial charge on any atom is -0.480 e. The van der Waals surface area contributed by atoms with E-state index in [-0.39, 0.29) is 46.7 Å². The summed E-state index contributed by atoms with van der Waals surface area (Å²) in [7, 11) is 0. The Morgan fingerprint density at radius 2 is 2.05 bits per heavy atom. The maximum Gasteiger partial charge on any atom is 0.326 e. The van der Waals surface area contributed by atoms with Gasteiger partial charge in [-0.25, -0.2) is 4.79 Å². The number of hydrogen-bond acceptors (Lipinski definition) is 6. The number of amides is 2. The van der Waals surface area contributed by atoms with Crippen molar-refractivity contribution in [1.29, 1.82) is 5.26 Å². The SMILES string of the molecule is N#CN=C(N)CC[C@H](NC(=O)c1c(Cl)cc2c(c1Cl)CCN(C(=O)c1ccc3ccoc3c1)C2)C(=O)O. The Kier molecular flexibility index (Phi) is 7.66. The Morgan fingerprint density at radius 1 is 1.27 bits per heavy atom. The molecule has 0 aliphatic carbocycles. The summed E-state index contributed by atoms with van der Waals surface area (Å²) < 4.78 is 5.39. The van der Waals surface area contributed by atoms with Gasteiger partial charge in [-0.3, -0.25) is 9.59 Å². The fourth-order valence-corrected chi connectivity index (χ4v) is 4.97. The van der Waals surface area contributed by atoms with Crippen LogP contribution < -0.4 is 11.1 Å². The molecule has 2 heterocycles. The molecule has 0 spiro atoms. The number of rotatable bonds is 7. The molecule has 0 saturated carbocycles. The average molecular weight is 542 g/mol. The van der Waals surface area contributed by atoms with Crippen molar-refractivity contribution in [2.75, 3.05) is 6.54 Å². The molecule has 2 aromatic carbocycles. The van der Waals surface area contributed by atoms with Crippen molar-refractivity contribution in [3.63, 3.8) is 0 Å². The monoisotopic (exact) mass is 541 g/mol. The van der Waals surface area contributed by atoms with Crippen LogP contribution in [0.1, 0.15) is 44.7 Å². The highest BCUT2D eigenvalue weighted by atomic mass is 35.5. The van der Waals surface area contributed by atoms with Crippen LogP contribution in [0.4, 0.5) is 0 Å². The summed E-state index contributed by atoms with van der Waals surface area (Å²) in [6.45, 7) is 0.598. The Hall–Kier alpha value is -4.07. The number of carboxylic acids is 1. The summed E-state index contributed by atoms with van der Waals surface area (Å²) in [5, 5.41) is 21.5. The average Bonchev–Trinajstić information content (AvgIpc) is 3.33. The molecule has 0 fully saturated rings. The minimum absolute atomic E-state index is 0.00677. The molecule has 3 aromatic rings. The molecule has 4 N–H and O–H groups in total. The third kappa shape index (κ3) is 5.53. The minimum atomic E-state index is -1.30. The molecule has 0 unspecified atom stereocenters. The first-order valence-electron chi connectivity index (χ1n) is 11.2. The fraction of sp³-hybridized carbons (Fsp3) is 0.240. The molecule has 10 nitrogen and oxygen atoms in total. The maximum absolute atomic E-state index is 13.1. The number of fused-ring (bicyclic) bond motifs is 2. The second-order valence-corrected chi connectivity index (χ2v) is 9.23. The van der Waals surface area contributed by atoms with E-state index in [1.165, 1.54) is 6.19 Å². The van der Waals surface area contributed by atoms with E-state index in [0.717, 1.165) is 5.39 Å². The molecule has 1 aliphatic rings. The lowest BCUT2D eigenvalue weighted by Crippen LogP contribution is -2.42. The van der Waals surface area contributed by atoms with E-state index in [9.17, 15) is 19.5 Å². The summed E-state index contributed by atoms with van der Waals surface area (Å²) in [5.74, 6) is -2.27. The number of nitrogens with zero attached hydrogens (tertiary/aromatic N) is 3. The van der Waals surface area contributed by atoms with Gasteiger partial charge in [0.1, 0.15) is 17.5 Å². The van der Waals surface area contributed by atoms with Crippen LogP contribution in [0, 0.1) is 11.5 Å². The summed E-state index contributed by atoms with van der Waals surface area (Å²) in [6, 6.07) is 7.33. The molecule has 4 rings (SSSR count). The van der Waals surface area contributed by atoms with Gasteiger partial charge < -0.3 is 25.5 Å². The Morgan fingerprint density at radius 3 is 2.78 bits per heavy atom. The zero-order valence-corrected chi connectivity index (χ0v) is 20.8. The highest BCUT2D eigenvalue weighted by Crippen LogP contribution is 2.35. The van der Waals surface area contributed by atoms with Gasteiger partial charge in [0.15, 0.2) is 0 Å². The van der Waals surface area contributed by atoms with E-state index < -0.39 is 17.9 Å². The number of carbonyl (C=O) groups is 3. The molecule has 0 radical (unpaired) electrons. The first kappa shape index (κ1) is 26.0. The number of nitrogens with one attached hydrogen (secondary N) is 1. The Balaban J connectivity index is 1.52. The number of aliphatic imine (C=N–C) groups is 1. The van der Waals surface area contributed by atoms with Crippen LogP contribution in [-0.4, -0.2) is 46.2 Å². The van der Waals surface area contributed by atoms with Crippen LogP contribution in [0.25, 0.3) is 11.0 Å². The van der Waals surface area contributed by atoms with Gasteiger partial charge in [-0.2, -0.15) is 10.3 Å². The topological polar surface area (TPSA) is 162 Å². The molecule has 12 heteroatoms. The number of carbonyl (C=O) groups excluding carboxylic acids is 2. The third-order valence-electron chi connectivity index (χ3n) is 6.11. The third-order valence-corrected chi connectivity index (χ3v) is 6.82. The van der Waals surface area contributed by atoms with Gasteiger partial charge >= 0.3 is 5.97 Å². The summed E-state index contributed by atoms with van der Waals surface area (Å²) in [5.41, 5.74) is 7.95. The number of nitrogens with two attached hydrogens (primary N) is 1. The maximum atomic E-state index is 13.1. The lowest BCUT2D eigenvalue weighted by molar-refractivity contribution is -0.139. The molecule has 1 aliphatic heterocycles. The van der Waals surface area contributed by atoms with Crippen molar-refractivity contribution >= 4 is 57.8 Å². The van der Waals surface area contributed by atoms with Crippen molar-refractivity contribution in [1.82, 2.24) is 10.2 Å². The van der Waals surface area contributed by atoms with E-state index in [2.05, 4.69) is 10.3 Å². The summed E-state index contributed by atoms with van der Waals surface area (Å²) >= 11 is 13.0. The fourth-order valence-electron chi connectivity index (χ4n) is 4.20. The van der Waals surface area contributed by atoms with E-state index in [4.69, 9.17) is 38.6 Å². The number of nitriles is 1. The van der Waals surface area contributed by atoms with E-state index in [1.54, 1.807) is 29.4 Å². The van der Waals surface area contributed by atoms with Gasteiger partial charge in [0, 0.05) is 30.5 Å². The number of halogens is 2. The van der Waals surface area contributed by atoms with Crippen molar-refractivity contribution in [2.45, 2.75) is 31.8 Å². The lowest BCUT2D eigenvalue weighted by atomic mass is 9.95. The number of carboxylic acid groups (broad SMARTS) is 1. The lowest BCUT2D eigenvalue weighted by Gasteiger charge is -2.30.